The molecule has 1 aliphatic rings. The van der Waals surface area contributed by atoms with E-state index >= 15 is 0 Å². The van der Waals surface area contributed by atoms with Crippen LogP contribution >= 0.6 is 15.9 Å². The van der Waals surface area contributed by atoms with Crippen molar-refractivity contribution >= 4 is 15.9 Å². The first-order chi connectivity index (χ1) is 4.33. The lowest BCUT2D eigenvalue weighted by atomic mass is 10.3. The summed E-state index contributed by atoms with van der Waals surface area (Å²) in [4.78, 5) is 0. The van der Waals surface area contributed by atoms with Crippen molar-refractivity contribution < 1.29 is 0 Å². The van der Waals surface area contributed by atoms with Gasteiger partial charge in [0.15, 0.2) is 0 Å². The van der Waals surface area contributed by atoms with E-state index < -0.39 is 0 Å². The summed E-state index contributed by atoms with van der Waals surface area (Å²) in [6, 6.07) is 0.644. The summed E-state index contributed by atoms with van der Waals surface area (Å²) in [5.41, 5.74) is 0. The smallest absolute Gasteiger partial charge is 0.0183 e. The van der Waals surface area contributed by atoms with Crippen LogP contribution < -0.4 is 5.32 Å². The van der Waals surface area contributed by atoms with E-state index in [1.807, 2.05) is 0 Å². The Morgan fingerprint density at radius 3 is 2.78 bits per heavy atom. The van der Waals surface area contributed by atoms with Crippen LogP contribution in [0.5, 0.6) is 0 Å². The molecule has 1 fully saturated rings. The number of hydrogen-bond donors (Lipinski definition) is 1. The fraction of sp³-hybridized carbons (Fsp3) is 1.00. The zero-order chi connectivity index (χ0) is 6.69. The Morgan fingerprint density at radius 1 is 1.67 bits per heavy atom. The van der Waals surface area contributed by atoms with Crippen LogP contribution in [0.1, 0.15) is 19.8 Å². The fourth-order valence-electron chi connectivity index (χ4n) is 0.744. The van der Waals surface area contributed by atoms with Crippen LogP contribution in [0.25, 0.3) is 0 Å². The number of alkyl halides is 1. The van der Waals surface area contributed by atoms with E-state index in [0.29, 0.717) is 6.04 Å². The Bertz CT molecular complexity index is 81.0. The third kappa shape index (κ3) is 3.21. The van der Waals surface area contributed by atoms with Gasteiger partial charge in [-0.05, 0) is 32.2 Å². The molecule has 0 radical (unpaired) electrons. The van der Waals surface area contributed by atoms with Crippen molar-refractivity contribution in [3.63, 3.8) is 0 Å². The van der Waals surface area contributed by atoms with Crippen molar-refractivity contribution in [1.82, 2.24) is 5.32 Å². The van der Waals surface area contributed by atoms with Gasteiger partial charge >= 0.3 is 0 Å². The third-order valence-electron chi connectivity index (χ3n) is 1.68. The molecule has 1 unspecified atom stereocenters. The predicted octanol–water partition coefficient (Wildman–Crippen LogP) is 1.77. The molecule has 0 saturated heterocycles. The van der Waals surface area contributed by atoms with E-state index in [1.165, 1.54) is 19.4 Å². The number of nitrogens with one attached hydrogen (secondary N) is 1. The van der Waals surface area contributed by atoms with Crippen LogP contribution in [0, 0.1) is 5.92 Å². The quantitative estimate of drug-likeness (QED) is 0.669. The number of halogens is 1. The largest absolute Gasteiger partial charge is 0.313 e. The van der Waals surface area contributed by atoms with E-state index in [0.717, 1.165) is 11.2 Å². The van der Waals surface area contributed by atoms with Crippen molar-refractivity contribution in [2.24, 2.45) is 5.92 Å². The second-order valence-electron chi connectivity index (χ2n) is 2.91. The molecule has 2 heteroatoms. The zero-order valence-electron chi connectivity index (χ0n) is 5.86. The first-order valence-corrected chi connectivity index (χ1v) is 4.74. The van der Waals surface area contributed by atoms with Gasteiger partial charge in [0, 0.05) is 11.4 Å². The van der Waals surface area contributed by atoms with Gasteiger partial charge in [-0.25, -0.2) is 0 Å². The fourth-order valence-corrected chi connectivity index (χ4v) is 0.973. The van der Waals surface area contributed by atoms with Crippen LogP contribution in [0.4, 0.5) is 0 Å². The highest BCUT2D eigenvalue weighted by Crippen LogP contribution is 2.27. The summed E-state index contributed by atoms with van der Waals surface area (Å²) in [6.07, 6.45) is 2.89. The molecule has 0 heterocycles. The molecule has 0 aromatic rings. The van der Waals surface area contributed by atoms with E-state index in [2.05, 4.69) is 28.2 Å². The van der Waals surface area contributed by atoms with E-state index in [9.17, 15) is 0 Å². The van der Waals surface area contributed by atoms with Gasteiger partial charge in [-0.1, -0.05) is 15.9 Å². The molecule has 1 atom stereocenters. The molecular weight excluding hydrogens is 178 g/mol. The van der Waals surface area contributed by atoms with Gasteiger partial charge in [0.1, 0.15) is 0 Å². The number of rotatable bonds is 4. The van der Waals surface area contributed by atoms with E-state index in [4.69, 9.17) is 0 Å². The standard InChI is InChI=1S/C7H14BrN/c1-6(4-8)9-5-7-2-3-7/h6-7,9H,2-5H2,1H3. The summed E-state index contributed by atoms with van der Waals surface area (Å²) in [7, 11) is 0. The minimum atomic E-state index is 0.644. The first-order valence-electron chi connectivity index (χ1n) is 3.62. The summed E-state index contributed by atoms with van der Waals surface area (Å²) in [5, 5.41) is 4.52. The maximum Gasteiger partial charge on any atom is 0.0183 e. The van der Waals surface area contributed by atoms with Crippen molar-refractivity contribution in [1.29, 1.82) is 0 Å². The van der Waals surface area contributed by atoms with Crippen LogP contribution in [0.3, 0.4) is 0 Å². The minimum Gasteiger partial charge on any atom is -0.313 e. The van der Waals surface area contributed by atoms with Gasteiger partial charge in [0.2, 0.25) is 0 Å². The molecule has 54 valence electrons. The molecule has 1 N–H and O–H groups in total. The van der Waals surface area contributed by atoms with Gasteiger partial charge in [-0.2, -0.15) is 0 Å². The summed E-state index contributed by atoms with van der Waals surface area (Å²) >= 11 is 3.42. The van der Waals surface area contributed by atoms with Gasteiger partial charge in [-0.3, -0.25) is 0 Å². The topological polar surface area (TPSA) is 12.0 Å². The lowest BCUT2D eigenvalue weighted by molar-refractivity contribution is 0.568. The van der Waals surface area contributed by atoms with Crippen LogP contribution in [0.2, 0.25) is 0 Å². The Morgan fingerprint density at radius 2 is 2.33 bits per heavy atom. The molecule has 0 aliphatic heterocycles. The average Bonchev–Trinajstić information content (AvgIpc) is 2.65. The molecule has 0 amide bonds. The minimum absolute atomic E-state index is 0.644. The molecule has 1 aliphatic carbocycles. The van der Waals surface area contributed by atoms with Gasteiger partial charge in [0.05, 0.1) is 0 Å². The van der Waals surface area contributed by atoms with E-state index in [1.54, 1.807) is 0 Å². The molecule has 1 nitrogen and oxygen atoms in total. The molecular formula is C7H14BrN. The summed E-state index contributed by atoms with van der Waals surface area (Å²) in [6.45, 7) is 3.43. The maximum atomic E-state index is 3.45. The molecule has 0 spiro atoms. The molecule has 1 saturated carbocycles. The van der Waals surface area contributed by atoms with Gasteiger partial charge in [-0.15, -0.1) is 0 Å². The van der Waals surface area contributed by atoms with Crippen LogP contribution in [-0.2, 0) is 0 Å². The SMILES string of the molecule is CC(CBr)NCC1CC1. The molecule has 0 aromatic heterocycles. The molecule has 1 rings (SSSR count). The highest BCUT2D eigenvalue weighted by atomic mass is 79.9. The Labute approximate surface area is 65.3 Å². The molecule has 0 bridgehead atoms. The second kappa shape index (κ2) is 3.57. The van der Waals surface area contributed by atoms with Gasteiger partial charge in [0.25, 0.3) is 0 Å². The Balaban J connectivity index is 1.90. The summed E-state index contributed by atoms with van der Waals surface area (Å²) in [5.74, 6) is 1.01. The second-order valence-corrected chi connectivity index (χ2v) is 3.55. The van der Waals surface area contributed by atoms with Gasteiger partial charge < -0.3 is 5.32 Å². The first kappa shape index (κ1) is 7.55. The maximum absolute atomic E-state index is 3.45. The van der Waals surface area contributed by atoms with Crippen LogP contribution in [-0.4, -0.2) is 17.9 Å². The zero-order valence-corrected chi connectivity index (χ0v) is 7.45. The third-order valence-corrected chi connectivity index (χ3v) is 2.65. The molecule has 0 aromatic carbocycles. The Kier molecular flexibility index (Phi) is 2.99. The Hall–Kier alpha value is 0.440. The average molecular weight is 192 g/mol. The molecule has 9 heavy (non-hydrogen) atoms. The van der Waals surface area contributed by atoms with Crippen LogP contribution in [0.15, 0.2) is 0 Å². The highest BCUT2D eigenvalue weighted by molar-refractivity contribution is 9.09. The predicted molar refractivity (Wildman–Crippen MR) is 44.0 cm³/mol. The van der Waals surface area contributed by atoms with E-state index in [-0.39, 0.29) is 0 Å². The normalized spacial score (nSPS) is 22.0. The summed E-state index contributed by atoms with van der Waals surface area (Å²) < 4.78 is 0. The van der Waals surface area contributed by atoms with Crippen molar-refractivity contribution in [3.8, 4) is 0 Å². The highest BCUT2D eigenvalue weighted by Gasteiger charge is 2.20. The lowest BCUT2D eigenvalue weighted by Gasteiger charge is -2.08. The van der Waals surface area contributed by atoms with Crippen molar-refractivity contribution in [2.75, 3.05) is 11.9 Å². The lowest BCUT2D eigenvalue weighted by Crippen LogP contribution is -2.28. The number of hydrogen-bond acceptors (Lipinski definition) is 1. The van der Waals surface area contributed by atoms with Crippen molar-refractivity contribution in [3.05, 3.63) is 0 Å². The van der Waals surface area contributed by atoms with Crippen molar-refractivity contribution in [2.45, 2.75) is 25.8 Å². The monoisotopic (exact) mass is 191 g/mol.